The first-order valence-corrected chi connectivity index (χ1v) is 5.04. The van der Waals surface area contributed by atoms with E-state index in [1.54, 1.807) is 7.05 Å². The molecule has 18 heavy (non-hydrogen) atoms. The molecule has 2 rings (SSSR count). The number of aliphatic hydroxyl groups is 1. The van der Waals surface area contributed by atoms with Gasteiger partial charge in [-0.2, -0.15) is 18.2 Å². The number of likely N-dealkylation sites (N-methyl/N-ethyl adjacent to an activating group) is 1. The molecule has 0 aliphatic rings. The molecule has 98 valence electrons. The second-order valence-electron chi connectivity index (χ2n) is 3.64. The summed E-state index contributed by atoms with van der Waals surface area (Å²) in [4.78, 5) is 6.97. The Morgan fingerprint density at radius 2 is 2.22 bits per heavy atom. The maximum absolute atomic E-state index is 12.4. The summed E-state index contributed by atoms with van der Waals surface area (Å²) < 4.78 is 38.0. The summed E-state index contributed by atoms with van der Waals surface area (Å²) in [6.45, 7) is 0.258. The first-order valence-electron chi connectivity index (χ1n) is 5.04. The molecule has 6 nitrogen and oxygen atoms in total. The molecule has 2 N–H and O–H groups in total. The number of fused-ring (bicyclic) bond motifs is 1. The van der Waals surface area contributed by atoms with Crippen LogP contribution in [-0.4, -0.2) is 38.3 Å². The molecule has 0 radical (unpaired) electrons. The summed E-state index contributed by atoms with van der Waals surface area (Å²) in [5.74, 6) is -1.42. The maximum Gasteiger partial charge on any atom is 0.453 e. The molecule has 0 bridgehead atoms. The average Bonchev–Trinajstić information content (AvgIpc) is 2.71. The summed E-state index contributed by atoms with van der Waals surface area (Å²) in [5, 5.41) is 15.7. The van der Waals surface area contributed by atoms with Crippen LogP contribution < -0.4 is 5.32 Å². The zero-order valence-electron chi connectivity index (χ0n) is 9.31. The lowest BCUT2D eigenvalue weighted by Gasteiger charge is -2.08. The number of rotatable bonds is 3. The Kier molecular flexibility index (Phi) is 3.18. The fourth-order valence-electron chi connectivity index (χ4n) is 1.40. The highest BCUT2D eigenvalue weighted by Crippen LogP contribution is 2.26. The highest BCUT2D eigenvalue weighted by atomic mass is 19.4. The molecule has 0 fully saturated rings. The molecule has 1 unspecified atom stereocenters. The average molecular weight is 261 g/mol. The van der Waals surface area contributed by atoms with Crippen molar-refractivity contribution in [1.82, 2.24) is 24.9 Å². The molecule has 0 amide bonds. The van der Waals surface area contributed by atoms with Crippen LogP contribution in [0, 0.1) is 0 Å². The van der Waals surface area contributed by atoms with Crippen molar-refractivity contribution in [1.29, 1.82) is 0 Å². The SMILES string of the molecule is CNCC(O)c1cnc2nc(C(F)(F)F)nn2c1. The Bertz CT molecular complexity index is 553. The van der Waals surface area contributed by atoms with Gasteiger partial charge in [0.25, 0.3) is 11.6 Å². The van der Waals surface area contributed by atoms with Crippen LogP contribution in [-0.2, 0) is 6.18 Å². The smallest absolute Gasteiger partial charge is 0.387 e. The second-order valence-corrected chi connectivity index (χ2v) is 3.64. The predicted octanol–water partition coefficient (Wildman–Crippen LogP) is 0.396. The molecule has 0 aliphatic heterocycles. The quantitative estimate of drug-likeness (QED) is 0.836. The predicted molar refractivity (Wildman–Crippen MR) is 54.7 cm³/mol. The number of halogens is 3. The lowest BCUT2D eigenvalue weighted by atomic mass is 10.2. The molecule has 0 aromatic carbocycles. The van der Waals surface area contributed by atoms with Crippen molar-refractivity contribution in [3.8, 4) is 0 Å². The first-order chi connectivity index (χ1) is 8.41. The van der Waals surface area contributed by atoms with Gasteiger partial charge in [0.05, 0.1) is 6.10 Å². The Hall–Kier alpha value is -1.74. The van der Waals surface area contributed by atoms with E-state index in [1.165, 1.54) is 12.4 Å². The summed E-state index contributed by atoms with van der Waals surface area (Å²) in [5.41, 5.74) is 0.357. The van der Waals surface area contributed by atoms with Crippen LogP contribution >= 0.6 is 0 Å². The van der Waals surface area contributed by atoms with Gasteiger partial charge < -0.3 is 10.4 Å². The molecule has 0 saturated heterocycles. The Labute approximate surface area is 99.5 Å². The van der Waals surface area contributed by atoms with Gasteiger partial charge in [-0.25, -0.2) is 9.50 Å². The van der Waals surface area contributed by atoms with Crippen LogP contribution in [0.2, 0.25) is 0 Å². The van der Waals surface area contributed by atoms with Crippen LogP contribution in [0.1, 0.15) is 17.5 Å². The monoisotopic (exact) mass is 261 g/mol. The van der Waals surface area contributed by atoms with Crippen molar-refractivity contribution in [2.24, 2.45) is 0 Å². The third kappa shape index (κ3) is 2.41. The zero-order valence-corrected chi connectivity index (χ0v) is 9.31. The molecule has 9 heteroatoms. The van der Waals surface area contributed by atoms with Crippen LogP contribution in [0.3, 0.4) is 0 Å². The topological polar surface area (TPSA) is 75.3 Å². The van der Waals surface area contributed by atoms with Gasteiger partial charge in [-0.05, 0) is 7.05 Å². The summed E-state index contributed by atoms with van der Waals surface area (Å²) in [7, 11) is 1.65. The highest BCUT2D eigenvalue weighted by molar-refractivity contribution is 5.29. The van der Waals surface area contributed by atoms with E-state index in [9.17, 15) is 18.3 Å². The number of aliphatic hydroxyl groups excluding tert-OH is 1. The second kappa shape index (κ2) is 4.50. The maximum atomic E-state index is 12.4. The van der Waals surface area contributed by atoms with E-state index in [0.717, 1.165) is 4.52 Å². The van der Waals surface area contributed by atoms with Gasteiger partial charge in [-0.3, -0.25) is 0 Å². The van der Waals surface area contributed by atoms with E-state index in [-0.39, 0.29) is 12.3 Å². The van der Waals surface area contributed by atoms with Gasteiger partial charge in [-0.15, -0.1) is 5.10 Å². The number of nitrogens with one attached hydrogen (secondary N) is 1. The van der Waals surface area contributed by atoms with E-state index in [2.05, 4.69) is 20.4 Å². The summed E-state index contributed by atoms with van der Waals surface area (Å²) in [6, 6.07) is 0. The zero-order chi connectivity index (χ0) is 13.3. The molecule has 2 heterocycles. The Morgan fingerprint density at radius 1 is 1.50 bits per heavy atom. The van der Waals surface area contributed by atoms with Crippen molar-refractivity contribution < 1.29 is 18.3 Å². The first kappa shape index (κ1) is 12.7. The molecule has 2 aromatic heterocycles. The Balaban J connectivity index is 2.40. The van der Waals surface area contributed by atoms with Gasteiger partial charge in [0, 0.05) is 24.5 Å². The molecule has 0 saturated carbocycles. The number of hydrogen-bond acceptors (Lipinski definition) is 5. The van der Waals surface area contributed by atoms with E-state index >= 15 is 0 Å². The van der Waals surface area contributed by atoms with Crippen LogP contribution in [0.4, 0.5) is 13.2 Å². The lowest BCUT2D eigenvalue weighted by molar-refractivity contribution is -0.144. The largest absolute Gasteiger partial charge is 0.453 e. The van der Waals surface area contributed by atoms with Crippen molar-refractivity contribution in [3.05, 3.63) is 23.8 Å². The molecule has 1 atom stereocenters. The molecule has 0 spiro atoms. The van der Waals surface area contributed by atoms with E-state index in [4.69, 9.17) is 0 Å². The van der Waals surface area contributed by atoms with Crippen molar-refractivity contribution >= 4 is 5.78 Å². The van der Waals surface area contributed by atoms with Gasteiger partial charge in [0.1, 0.15) is 0 Å². The van der Waals surface area contributed by atoms with Gasteiger partial charge in [0.2, 0.25) is 0 Å². The van der Waals surface area contributed by atoms with Crippen molar-refractivity contribution in [2.45, 2.75) is 12.3 Å². The minimum absolute atomic E-state index is 0.164. The van der Waals surface area contributed by atoms with Crippen LogP contribution in [0.15, 0.2) is 12.4 Å². The Morgan fingerprint density at radius 3 is 2.83 bits per heavy atom. The molecular formula is C9H10F3N5O. The number of nitrogens with zero attached hydrogens (tertiary/aromatic N) is 4. The van der Waals surface area contributed by atoms with E-state index < -0.39 is 18.1 Å². The molecule has 2 aromatic rings. The number of alkyl halides is 3. The lowest BCUT2D eigenvalue weighted by Crippen LogP contribution is -2.17. The summed E-state index contributed by atoms with van der Waals surface area (Å²) >= 11 is 0. The minimum Gasteiger partial charge on any atom is -0.387 e. The normalized spacial score (nSPS) is 14.1. The number of aromatic nitrogens is 4. The third-order valence-corrected chi connectivity index (χ3v) is 2.25. The van der Waals surface area contributed by atoms with E-state index in [1.807, 2.05) is 0 Å². The molecule has 0 aliphatic carbocycles. The van der Waals surface area contributed by atoms with Crippen molar-refractivity contribution in [3.63, 3.8) is 0 Å². The fourth-order valence-corrected chi connectivity index (χ4v) is 1.40. The highest BCUT2D eigenvalue weighted by Gasteiger charge is 2.36. The van der Waals surface area contributed by atoms with Gasteiger partial charge in [-0.1, -0.05) is 0 Å². The van der Waals surface area contributed by atoms with Crippen LogP contribution in [0.5, 0.6) is 0 Å². The van der Waals surface area contributed by atoms with E-state index in [0.29, 0.717) is 5.56 Å². The fraction of sp³-hybridized carbons (Fsp3) is 0.444. The van der Waals surface area contributed by atoms with Gasteiger partial charge in [0.15, 0.2) is 0 Å². The third-order valence-electron chi connectivity index (χ3n) is 2.25. The number of hydrogen-bond donors (Lipinski definition) is 2. The summed E-state index contributed by atoms with van der Waals surface area (Å²) in [6.07, 6.45) is -2.94. The standard InChI is InChI=1S/C9H10F3N5O/c1-13-3-6(18)5-2-14-8-15-7(9(10,11)12)16-17(8)4-5/h2,4,6,13,18H,3H2,1H3. The van der Waals surface area contributed by atoms with Crippen molar-refractivity contribution in [2.75, 3.05) is 13.6 Å². The minimum atomic E-state index is -4.61. The molecular weight excluding hydrogens is 251 g/mol. The van der Waals surface area contributed by atoms with Crippen LogP contribution in [0.25, 0.3) is 5.78 Å². The van der Waals surface area contributed by atoms with Gasteiger partial charge >= 0.3 is 6.18 Å².